The monoisotopic (exact) mass is 317 g/mol. The molecule has 4 nitrogen and oxygen atoms in total. The highest BCUT2D eigenvalue weighted by atomic mass is 79.9. The van der Waals surface area contributed by atoms with Crippen molar-refractivity contribution < 1.29 is 4.42 Å². The lowest BCUT2D eigenvalue weighted by atomic mass is 10.0. The summed E-state index contributed by atoms with van der Waals surface area (Å²) in [7, 11) is 1.82. The fourth-order valence-corrected chi connectivity index (χ4v) is 2.35. The van der Waals surface area contributed by atoms with E-state index in [-0.39, 0.29) is 0 Å². The van der Waals surface area contributed by atoms with Crippen molar-refractivity contribution in [3.05, 3.63) is 47.1 Å². The molecule has 0 aliphatic rings. The third-order valence-corrected chi connectivity index (χ3v) is 3.39. The van der Waals surface area contributed by atoms with Crippen LogP contribution < -0.4 is 5.73 Å². The minimum absolute atomic E-state index is 0.619. The van der Waals surface area contributed by atoms with E-state index in [0.717, 1.165) is 16.8 Å². The first-order valence-corrected chi connectivity index (χ1v) is 6.59. The second-order valence-corrected chi connectivity index (χ2v) is 4.98. The Bertz CT molecular complexity index is 716. The first-order valence-electron chi connectivity index (χ1n) is 5.80. The van der Waals surface area contributed by atoms with Gasteiger partial charge in [-0.25, -0.2) is 0 Å². The minimum Gasteiger partial charge on any atom is -0.448 e. The van der Waals surface area contributed by atoms with Crippen LogP contribution in [0.25, 0.3) is 22.6 Å². The molecule has 0 spiro atoms. The summed E-state index contributed by atoms with van der Waals surface area (Å²) in [5.41, 5.74) is 8.79. The second kappa shape index (κ2) is 4.59. The smallest absolute Gasteiger partial charge is 0.169 e. The maximum absolute atomic E-state index is 6.13. The summed E-state index contributed by atoms with van der Waals surface area (Å²) < 4.78 is 7.92. The summed E-state index contributed by atoms with van der Waals surface area (Å²) in [6.07, 6.45) is 0. The lowest BCUT2D eigenvalue weighted by molar-refractivity contribution is 0.552. The Labute approximate surface area is 119 Å². The van der Waals surface area contributed by atoms with Crippen LogP contribution in [-0.2, 0) is 7.05 Å². The molecule has 2 aromatic heterocycles. The van der Waals surface area contributed by atoms with Gasteiger partial charge in [0.05, 0.1) is 5.56 Å². The molecule has 2 N–H and O–H groups in total. The molecule has 19 heavy (non-hydrogen) atoms. The fourth-order valence-electron chi connectivity index (χ4n) is 2.04. The van der Waals surface area contributed by atoms with Gasteiger partial charge in [-0.3, -0.25) is 4.68 Å². The van der Waals surface area contributed by atoms with Crippen LogP contribution in [0.5, 0.6) is 0 Å². The molecule has 96 valence electrons. The van der Waals surface area contributed by atoms with Gasteiger partial charge in [-0.1, -0.05) is 30.3 Å². The zero-order chi connectivity index (χ0) is 13.4. The molecular weight excluding hydrogens is 306 g/mol. The van der Waals surface area contributed by atoms with E-state index in [2.05, 4.69) is 21.0 Å². The van der Waals surface area contributed by atoms with Crippen LogP contribution in [0.1, 0.15) is 0 Å². The first kappa shape index (κ1) is 12.0. The van der Waals surface area contributed by atoms with Crippen molar-refractivity contribution in [1.82, 2.24) is 9.78 Å². The van der Waals surface area contributed by atoms with Crippen molar-refractivity contribution in [1.29, 1.82) is 0 Å². The van der Waals surface area contributed by atoms with Crippen LogP contribution in [0, 0.1) is 0 Å². The van der Waals surface area contributed by atoms with Crippen molar-refractivity contribution in [2.24, 2.45) is 7.05 Å². The number of aryl methyl sites for hydroxylation is 1. The molecule has 0 radical (unpaired) electrons. The van der Waals surface area contributed by atoms with E-state index in [0.29, 0.717) is 16.2 Å². The van der Waals surface area contributed by atoms with Crippen molar-refractivity contribution in [3.63, 3.8) is 0 Å². The zero-order valence-corrected chi connectivity index (χ0v) is 11.9. The molecule has 0 atom stereocenters. The standard InChI is InChI=1S/C14H12BrN3O/c1-18-14(16)12(9-5-3-2-4-6-9)13(17-18)10-7-8-11(15)19-10/h2-8H,16H2,1H3. The Kier molecular flexibility index (Phi) is 2.91. The van der Waals surface area contributed by atoms with Gasteiger partial charge in [0.15, 0.2) is 10.4 Å². The summed E-state index contributed by atoms with van der Waals surface area (Å²) in [5.74, 6) is 1.31. The molecule has 0 amide bonds. The maximum Gasteiger partial charge on any atom is 0.169 e. The largest absolute Gasteiger partial charge is 0.448 e. The number of hydrogen-bond acceptors (Lipinski definition) is 3. The highest BCUT2D eigenvalue weighted by Gasteiger charge is 2.19. The van der Waals surface area contributed by atoms with E-state index in [1.165, 1.54) is 0 Å². The van der Waals surface area contributed by atoms with Gasteiger partial charge in [0.2, 0.25) is 0 Å². The zero-order valence-electron chi connectivity index (χ0n) is 10.3. The lowest BCUT2D eigenvalue weighted by Crippen LogP contribution is -1.97. The molecule has 0 unspecified atom stereocenters. The molecule has 0 saturated heterocycles. The van der Waals surface area contributed by atoms with Crippen molar-refractivity contribution >= 4 is 21.7 Å². The summed E-state index contributed by atoms with van der Waals surface area (Å²) in [4.78, 5) is 0. The Hall–Kier alpha value is -2.01. The molecule has 5 heteroatoms. The Morgan fingerprint density at radius 2 is 1.89 bits per heavy atom. The average Bonchev–Trinajstić information content (AvgIpc) is 2.96. The highest BCUT2D eigenvalue weighted by molar-refractivity contribution is 9.10. The third-order valence-electron chi connectivity index (χ3n) is 2.96. The quantitative estimate of drug-likeness (QED) is 0.784. The van der Waals surface area contributed by atoms with E-state index >= 15 is 0 Å². The summed E-state index contributed by atoms with van der Waals surface area (Å²) in [6.45, 7) is 0. The number of rotatable bonds is 2. The molecule has 0 aliphatic carbocycles. The number of nitrogens with two attached hydrogens (primary N) is 1. The van der Waals surface area contributed by atoms with Crippen LogP contribution in [0.3, 0.4) is 0 Å². The number of aromatic nitrogens is 2. The van der Waals surface area contributed by atoms with Crippen molar-refractivity contribution in [3.8, 4) is 22.6 Å². The molecule has 2 heterocycles. The molecule has 1 aromatic carbocycles. The number of halogens is 1. The predicted molar refractivity (Wildman–Crippen MR) is 78.5 cm³/mol. The maximum atomic E-state index is 6.13. The number of benzene rings is 1. The lowest BCUT2D eigenvalue weighted by Gasteiger charge is -2.02. The predicted octanol–water partition coefficient (Wildman–Crippen LogP) is 3.69. The van der Waals surface area contributed by atoms with Gasteiger partial charge in [0, 0.05) is 7.05 Å². The first-order chi connectivity index (χ1) is 9.16. The Morgan fingerprint density at radius 3 is 2.53 bits per heavy atom. The molecule has 0 fully saturated rings. The van der Waals surface area contributed by atoms with E-state index in [4.69, 9.17) is 10.2 Å². The normalized spacial score (nSPS) is 10.8. The molecule has 3 rings (SSSR count). The number of nitrogen functional groups attached to an aromatic ring is 1. The number of hydrogen-bond donors (Lipinski definition) is 1. The van der Waals surface area contributed by atoms with Gasteiger partial charge >= 0.3 is 0 Å². The summed E-state index contributed by atoms with van der Waals surface area (Å²) in [5, 5.41) is 4.45. The Morgan fingerprint density at radius 1 is 1.16 bits per heavy atom. The third kappa shape index (κ3) is 2.06. The minimum atomic E-state index is 0.619. The van der Waals surface area contributed by atoms with Crippen LogP contribution in [0.2, 0.25) is 0 Å². The number of anilines is 1. The molecule has 0 aliphatic heterocycles. The topological polar surface area (TPSA) is 57.0 Å². The average molecular weight is 318 g/mol. The molecule has 0 saturated carbocycles. The van der Waals surface area contributed by atoms with Gasteiger partial charge in [-0.2, -0.15) is 5.10 Å². The molecular formula is C14H12BrN3O. The van der Waals surface area contributed by atoms with E-state index in [1.807, 2.05) is 49.5 Å². The van der Waals surface area contributed by atoms with Crippen LogP contribution in [0.4, 0.5) is 5.82 Å². The van der Waals surface area contributed by atoms with Crippen LogP contribution >= 0.6 is 15.9 Å². The summed E-state index contributed by atoms with van der Waals surface area (Å²) in [6, 6.07) is 13.7. The SMILES string of the molecule is Cn1nc(-c2ccc(Br)o2)c(-c2ccccc2)c1N. The Balaban J connectivity index is 2.24. The second-order valence-electron chi connectivity index (χ2n) is 4.20. The van der Waals surface area contributed by atoms with Gasteiger partial charge < -0.3 is 10.2 Å². The van der Waals surface area contributed by atoms with Gasteiger partial charge in [0.1, 0.15) is 11.5 Å². The molecule has 3 aromatic rings. The van der Waals surface area contributed by atoms with Crippen molar-refractivity contribution in [2.75, 3.05) is 5.73 Å². The summed E-state index contributed by atoms with van der Waals surface area (Å²) >= 11 is 3.30. The van der Waals surface area contributed by atoms with E-state index in [9.17, 15) is 0 Å². The van der Waals surface area contributed by atoms with Gasteiger partial charge in [0.25, 0.3) is 0 Å². The molecule has 0 bridgehead atoms. The number of furan rings is 1. The van der Waals surface area contributed by atoms with Gasteiger partial charge in [-0.05, 0) is 33.6 Å². The van der Waals surface area contributed by atoms with Crippen LogP contribution in [-0.4, -0.2) is 9.78 Å². The van der Waals surface area contributed by atoms with E-state index in [1.54, 1.807) is 4.68 Å². The van der Waals surface area contributed by atoms with Crippen molar-refractivity contribution in [2.45, 2.75) is 0 Å². The fraction of sp³-hybridized carbons (Fsp3) is 0.0714. The highest BCUT2D eigenvalue weighted by Crippen LogP contribution is 2.36. The van der Waals surface area contributed by atoms with Crippen LogP contribution in [0.15, 0.2) is 51.6 Å². The van der Waals surface area contributed by atoms with Gasteiger partial charge in [-0.15, -0.1) is 0 Å². The number of nitrogens with zero attached hydrogens (tertiary/aromatic N) is 2. The van der Waals surface area contributed by atoms with E-state index < -0.39 is 0 Å².